The Labute approximate surface area is 160 Å². The summed E-state index contributed by atoms with van der Waals surface area (Å²) in [7, 11) is -2.27. The molecule has 1 amide bonds. The molecule has 2 N–H and O–H groups in total. The van der Waals surface area contributed by atoms with Crippen LogP contribution in [0.5, 0.6) is 0 Å². The maximum Gasteiger partial charge on any atom is 0.303 e. The Balaban J connectivity index is 2.60. The predicted octanol–water partition coefficient (Wildman–Crippen LogP) is 3.14. The zero-order valence-electron chi connectivity index (χ0n) is 13.5. The van der Waals surface area contributed by atoms with Crippen molar-refractivity contribution in [3.8, 4) is 0 Å². The molecule has 140 valence electrons. The van der Waals surface area contributed by atoms with Crippen LogP contribution in [0.2, 0.25) is 10.0 Å². The molecule has 0 spiro atoms. The Morgan fingerprint density at radius 2 is 1.96 bits per heavy atom. The molecule has 25 heavy (non-hydrogen) atoms. The van der Waals surface area contributed by atoms with Crippen LogP contribution in [0.3, 0.4) is 0 Å². The Morgan fingerprint density at radius 3 is 2.52 bits per heavy atom. The van der Waals surface area contributed by atoms with Crippen LogP contribution in [0.15, 0.2) is 18.2 Å². The number of carbonyl (C=O) groups excluding carboxylic acids is 1. The van der Waals surface area contributed by atoms with Crippen LogP contribution in [0, 0.1) is 0 Å². The summed E-state index contributed by atoms with van der Waals surface area (Å²) in [6.07, 6.45) is 1.35. The summed E-state index contributed by atoms with van der Waals surface area (Å²) >= 11 is 11.9. The minimum Gasteiger partial charge on any atom is -0.481 e. The largest absolute Gasteiger partial charge is 0.481 e. The molecule has 0 bridgehead atoms. The first-order valence-corrected chi connectivity index (χ1v) is 11.5. The normalized spacial score (nSPS) is 12.6. The van der Waals surface area contributed by atoms with E-state index in [2.05, 4.69) is 5.32 Å². The van der Waals surface area contributed by atoms with E-state index in [0.29, 0.717) is 34.3 Å². The SMILES string of the molecule is CS(=O)(=O)SCCCNC(=O)CC(CC(=O)O)c1ccc(Cl)cc1Cl. The molecule has 0 aliphatic heterocycles. The fourth-order valence-electron chi connectivity index (χ4n) is 2.14. The van der Waals surface area contributed by atoms with Crippen LogP contribution in [0.25, 0.3) is 0 Å². The van der Waals surface area contributed by atoms with Crippen molar-refractivity contribution in [1.82, 2.24) is 5.32 Å². The van der Waals surface area contributed by atoms with Crippen molar-refractivity contribution in [2.45, 2.75) is 25.2 Å². The van der Waals surface area contributed by atoms with Crippen molar-refractivity contribution >= 4 is 54.7 Å². The molecule has 0 radical (unpaired) electrons. The third-order valence-corrected chi connectivity index (χ3v) is 6.43. The Kier molecular flexibility index (Phi) is 9.06. The maximum absolute atomic E-state index is 12.0. The summed E-state index contributed by atoms with van der Waals surface area (Å²) in [5.74, 6) is -1.55. The Hall–Kier alpha value is -0.960. The number of hydrogen-bond donors (Lipinski definition) is 2. The summed E-state index contributed by atoms with van der Waals surface area (Å²) in [5, 5.41) is 12.5. The molecule has 0 aliphatic carbocycles. The molecule has 1 aromatic carbocycles. The van der Waals surface area contributed by atoms with Gasteiger partial charge in [0.1, 0.15) is 0 Å². The van der Waals surface area contributed by atoms with Gasteiger partial charge in [-0.05, 0) is 34.9 Å². The van der Waals surface area contributed by atoms with E-state index >= 15 is 0 Å². The van der Waals surface area contributed by atoms with Gasteiger partial charge in [-0.25, -0.2) is 8.42 Å². The zero-order valence-corrected chi connectivity index (χ0v) is 16.6. The maximum atomic E-state index is 12.0. The van der Waals surface area contributed by atoms with Gasteiger partial charge in [0.05, 0.1) is 6.42 Å². The van der Waals surface area contributed by atoms with E-state index in [1.807, 2.05) is 0 Å². The number of nitrogens with one attached hydrogen (secondary N) is 1. The number of carboxylic acids is 1. The number of halogens is 2. The summed E-state index contributed by atoms with van der Waals surface area (Å²) in [4.78, 5) is 23.1. The number of amides is 1. The third-order valence-electron chi connectivity index (χ3n) is 3.20. The first kappa shape index (κ1) is 22.1. The average Bonchev–Trinajstić information content (AvgIpc) is 2.44. The highest BCUT2D eigenvalue weighted by Crippen LogP contribution is 2.31. The van der Waals surface area contributed by atoms with Gasteiger partial charge in [0.15, 0.2) is 8.87 Å². The lowest BCUT2D eigenvalue weighted by Gasteiger charge is -2.17. The van der Waals surface area contributed by atoms with Crippen molar-refractivity contribution in [3.63, 3.8) is 0 Å². The van der Waals surface area contributed by atoms with Crippen molar-refractivity contribution in [1.29, 1.82) is 0 Å². The van der Waals surface area contributed by atoms with Crippen molar-refractivity contribution in [2.24, 2.45) is 0 Å². The fourth-order valence-corrected chi connectivity index (χ4v) is 4.53. The highest BCUT2D eigenvalue weighted by atomic mass is 35.5. The van der Waals surface area contributed by atoms with Crippen LogP contribution in [-0.2, 0) is 18.5 Å². The highest BCUT2D eigenvalue weighted by molar-refractivity contribution is 8.71. The van der Waals surface area contributed by atoms with Gasteiger partial charge in [0.25, 0.3) is 0 Å². The molecule has 0 aromatic heterocycles. The summed E-state index contributed by atoms with van der Waals surface area (Å²) in [6.45, 7) is 0.315. The number of carbonyl (C=O) groups is 2. The van der Waals surface area contributed by atoms with Crippen molar-refractivity contribution in [3.05, 3.63) is 33.8 Å². The topological polar surface area (TPSA) is 101 Å². The van der Waals surface area contributed by atoms with Crippen LogP contribution in [0.4, 0.5) is 0 Å². The van der Waals surface area contributed by atoms with Crippen LogP contribution in [-0.4, -0.2) is 44.0 Å². The number of rotatable bonds is 10. The van der Waals surface area contributed by atoms with E-state index in [1.54, 1.807) is 12.1 Å². The van der Waals surface area contributed by atoms with E-state index in [4.69, 9.17) is 28.3 Å². The lowest BCUT2D eigenvalue weighted by Crippen LogP contribution is -2.27. The summed E-state index contributed by atoms with van der Waals surface area (Å²) in [6, 6.07) is 4.72. The van der Waals surface area contributed by atoms with Gasteiger partial charge in [-0.1, -0.05) is 29.3 Å². The second-order valence-corrected chi connectivity index (χ2v) is 10.8. The molecule has 1 atom stereocenters. The van der Waals surface area contributed by atoms with Gasteiger partial charge in [0.2, 0.25) is 5.91 Å². The molecule has 10 heteroatoms. The third kappa shape index (κ3) is 9.34. The minimum atomic E-state index is -3.09. The lowest BCUT2D eigenvalue weighted by atomic mass is 9.92. The predicted molar refractivity (Wildman–Crippen MR) is 101 cm³/mol. The molecule has 0 heterocycles. The van der Waals surface area contributed by atoms with Gasteiger partial charge in [0, 0.05) is 40.9 Å². The van der Waals surface area contributed by atoms with Gasteiger partial charge < -0.3 is 10.4 Å². The molecule has 0 saturated carbocycles. The minimum absolute atomic E-state index is 0.0348. The standard InChI is InChI=1S/C15H19Cl2NO5S2/c1-25(22,23)24-6-2-5-18-14(19)7-10(8-15(20)21)12-4-3-11(16)9-13(12)17/h3-4,9-10H,2,5-8H2,1H3,(H,18,19)(H,20,21). The molecule has 1 unspecified atom stereocenters. The Bertz CT molecular complexity index is 725. The van der Waals surface area contributed by atoms with E-state index in [-0.39, 0.29) is 18.7 Å². The second-order valence-electron chi connectivity index (χ2n) is 5.39. The number of carboxylic acid groups (broad SMARTS) is 1. The van der Waals surface area contributed by atoms with E-state index in [0.717, 1.165) is 17.0 Å². The molecule has 0 fully saturated rings. The van der Waals surface area contributed by atoms with Crippen molar-refractivity contribution in [2.75, 3.05) is 18.6 Å². The molecule has 0 saturated heterocycles. The monoisotopic (exact) mass is 427 g/mol. The zero-order chi connectivity index (χ0) is 19.0. The number of aliphatic carboxylic acids is 1. The molecule has 1 aromatic rings. The van der Waals surface area contributed by atoms with Gasteiger partial charge in [-0.15, -0.1) is 0 Å². The Morgan fingerprint density at radius 1 is 1.28 bits per heavy atom. The molecular weight excluding hydrogens is 409 g/mol. The summed E-state index contributed by atoms with van der Waals surface area (Å²) < 4.78 is 22.0. The van der Waals surface area contributed by atoms with Gasteiger partial charge in [-0.3, -0.25) is 9.59 Å². The summed E-state index contributed by atoms with van der Waals surface area (Å²) in [5.41, 5.74) is 0.552. The van der Waals surface area contributed by atoms with E-state index in [9.17, 15) is 18.0 Å². The van der Waals surface area contributed by atoms with E-state index in [1.165, 1.54) is 6.07 Å². The molecule has 1 rings (SSSR count). The smallest absolute Gasteiger partial charge is 0.303 e. The molecular formula is C15H19Cl2NO5S2. The highest BCUT2D eigenvalue weighted by Gasteiger charge is 2.21. The second kappa shape index (κ2) is 10.3. The first-order valence-electron chi connectivity index (χ1n) is 7.36. The van der Waals surface area contributed by atoms with Gasteiger partial charge in [-0.2, -0.15) is 0 Å². The quantitative estimate of drug-likeness (QED) is 0.439. The fraction of sp³-hybridized carbons (Fsp3) is 0.467. The first-order chi connectivity index (χ1) is 11.6. The van der Waals surface area contributed by atoms with Crippen LogP contribution in [0.1, 0.15) is 30.7 Å². The van der Waals surface area contributed by atoms with E-state index < -0.39 is 20.8 Å². The van der Waals surface area contributed by atoms with Crippen LogP contribution >= 0.6 is 34.0 Å². The van der Waals surface area contributed by atoms with Gasteiger partial charge >= 0.3 is 5.97 Å². The number of benzene rings is 1. The lowest BCUT2D eigenvalue weighted by molar-refractivity contribution is -0.137. The number of hydrogen-bond acceptors (Lipinski definition) is 5. The molecule has 0 aliphatic rings. The molecule has 6 nitrogen and oxygen atoms in total. The average molecular weight is 428 g/mol. The van der Waals surface area contributed by atoms with Crippen LogP contribution < -0.4 is 5.32 Å². The van der Waals surface area contributed by atoms with Crippen molar-refractivity contribution < 1.29 is 23.1 Å².